The van der Waals surface area contributed by atoms with Crippen molar-refractivity contribution in [3.8, 4) is 0 Å². The highest BCUT2D eigenvalue weighted by Gasteiger charge is 2.13. The minimum Gasteiger partial charge on any atom is -0.356 e. The van der Waals surface area contributed by atoms with Crippen molar-refractivity contribution in [2.45, 2.75) is 57.8 Å². The van der Waals surface area contributed by atoms with Crippen molar-refractivity contribution in [1.29, 1.82) is 0 Å². The van der Waals surface area contributed by atoms with Crippen LogP contribution in [0.4, 0.5) is 0 Å². The van der Waals surface area contributed by atoms with E-state index in [1.165, 1.54) is 90.5 Å². The molecule has 2 N–H and O–H groups in total. The first-order valence-electron chi connectivity index (χ1n) is 10.6. The summed E-state index contributed by atoms with van der Waals surface area (Å²) in [7, 11) is 4.11. The van der Waals surface area contributed by atoms with Crippen LogP contribution in [-0.2, 0) is 0 Å². The van der Waals surface area contributed by atoms with Gasteiger partial charge in [0, 0.05) is 33.2 Å². The zero-order chi connectivity index (χ0) is 17.7. The van der Waals surface area contributed by atoms with Crippen LogP contribution < -0.4 is 10.6 Å². The lowest BCUT2D eigenvalue weighted by Crippen LogP contribution is -2.39. The molecule has 5 heteroatoms. The summed E-state index contributed by atoms with van der Waals surface area (Å²) in [4.78, 5) is 9.40. The molecule has 0 amide bonds. The molecule has 1 heterocycles. The van der Waals surface area contributed by atoms with Gasteiger partial charge in [-0.15, -0.1) is 0 Å². The lowest BCUT2D eigenvalue weighted by Gasteiger charge is -2.22. The maximum Gasteiger partial charge on any atom is 0.190 e. The second kappa shape index (κ2) is 12.5. The molecule has 1 aliphatic carbocycles. The van der Waals surface area contributed by atoms with Gasteiger partial charge >= 0.3 is 0 Å². The van der Waals surface area contributed by atoms with Gasteiger partial charge in [-0.1, -0.05) is 32.1 Å². The second-order valence-electron chi connectivity index (χ2n) is 7.92. The van der Waals surface area contributed by atoms with Gasteiger partial charge in [-0.3, -0.25) is 4.99 Å². The molecular formula is C20H41N5. The summed E-state index contributed by atoms with van der Waals surface area (Å²) in [5.74, 6) is 1.96. The lowest BCUT2D eigenvalue weighted by atomic mass is 9.86. The monoisotopic (exact) mass is 351 g/mol. The highest BCUT2D eigenvalue weighted by atomic mass is 15.2. The number of aliphatic imine (C=N–C) groups is 1. The fourth-order valence-electron chi connectivity index (χ4n) is 4.13. The topological polar surface area (TPSA) is 42.9 Å². The number of rotatable bonds is 8. The average Bonchev–Trinajstić information content (AvgIpc) is 2.85. The third-order valence-corrected chi connectivity index (χ3v) is 5.79. The Hall–Kier alpha value is -0.810. The summed E-state index contributed by atoms with van der Waals surface area (Å²) in [5.41, 5.74) is 0. The molecule has 1 saturated carbocycles. The van der Waals surface area contributed by atoms with Crippen LogP contribution in [0.5, 0.6) is 0 Å². The molecule has 0 bridgehead atoms. The van der Waals surface area contributed by atoms with Crippen LogP contribution in [0.25, 0.3) is 0 Å². The molecule has 0 unspecified atom stereocenters. The molecule has 25 heavy (non-hydrogen) atoms. The van der Waals surface area contributed by atoms with E-state index in [1.807, 2.05) is 7.05 Å². The Bertz CT molecular complexity index is 365. The Balaban J connectivity index is 1.48. The minimum atomic E-state index is 0.972. The first-order valence-corrected chi connectivity index (χ1v) is 10.6. The van der Waals surface area contributed by atoms with Gasteiger partial charge in [0.25, 0.3) is 0 Å². The van der Waals surface area contributed by atoms with Crippen LogP contribution in [-0.4, -0.2) is 75.7 Å². The largest absolute Gasteiger partial charge is 0.356 e. The number of hydrogen-bond acceptors (Lipinski definition) is 3. The molecular weight excluding hydrogens is 310 g/mol. The van der Waals surface area contributed by atoms with E-state index in [2.05, 4.69) is 32.5 Å². The molecule has 2 rings (SSSR count). The molecule has 1 aliphatic heterocycles. The quantitative estimate of drug-likeness (QED) is 0.401. The molecule has 0 aromatic rings. The van der Waals surface area contributed by atoms with Crippen LogP contribution >= 0.6 is 0 Å². The van der Waals surface area contributed by atoms with E-state index in [0.29, 0.717) is 0 Å². The van der Waals surface area contributed by atoms with Gasteiger partial charge in [0.15, 0.2) is 5.96 Å². The first-order chi connectivity index (χ1) is 12.3. The van der Waals surface area contributed by atoms with Gasteiger partial charge in [0.2, 0.25) is 0 Å². The summed E-state index contributed by atoms with van der Waals surface area (Å²) in [6.07, 6.45) is 12.4. The summed E-state index contributed by atoms with van der Waals surface area (Å²) in [6.45, 7) is 8.16. The fraction of sp³-hybridized carbons (Fsp3) is 0.950. The Kier molecular flexibility index (Phi) is 10.3. The third kappa shape index (κ3) is 8.91. The Labute approximate surface area is 155 Å². The summed E-state index contributed by atoms with van der Waals surface area (Å²) < 4.78 is 0. The standard InChI is InChI=1S/C20H41N5/c1-21-20(22-12-6-11-19-9-4-3-5-10-19)23-13-7-15-25-16-8-14-24(2)17-18-25/h19H,3-18H2,1-2H3,(H2,21,22,23). The molecule has 1 saturated heterocycles. The molecule has 0 aromatic carbocycles. The molecule has 0 aromatic heterocycles. The normalized spacial score (nSPS) is 21.9. The molecule has 0 spiro atoms. The van der Waals surface area contributed by atoms with Gasteiger partial charge in [-0.2, -0.15) is 0 Å². The molecule has 146 valence electrons. The Morgan fingerprint density at radius 3 is 2.44 bits per heavy atom. The number of hydrogen-bond donors (Lipinski definition) is 2. The minimum absolute atomic E-state index is 0.972. The smallest absolute Gasteiger partial charge is 0.190 e. The maximum atomic E-state index is 4.36. The zero-order valence-electron chi connectivity index (χ0n) is 16.7. The summed E-state index contributed by atoms with van der Waals surface area (Å²) >= 11 is 0. The van der Waals surface area contributed by atoms with Crippen molar-refractivity contribution in [2.24, 2.45) is 10.9 Å². The van der Waals surface area contributed by atoms with Crippen molar-refractivity contribution in [2.75, 3.05) is 59.9 Å². The van der Waals surface area contributed by atoms with Crippen molar-refractivity contribution in [3.05, 3.63) is 0 Å². The highest BCUT2D eigenvalue weighted by molar-refractivity contribution is 5.79. The van der Waals surface area contributed by atoms with Gasteiger partial charge in [-0.25, -0.2) is 0 Å². The van der Waals surface area contributed by atoms with E-state index in [-0.39, 0.29) is 0 Å². The van der Waals surface area contributed by atoms with Crippen molar-refractivity contribution in [3.63, 3.8) is 0 Å². The van der Waals surface area contributed by atoms with Gasteiger partial charge in [-0.05, 0) is 58.3 Å². The van der Waals surface area contributed by atoms with Gasteiger partial charge in [0.05, 0.1) is 0 Å². The maximum absolute atomic E-state index is 4.36. The van der Waals surface area contributed by atoms with E-state index in [0.717, 1.165) is 25.0 Å². The number of likely N-dealkylation sites (N-methyl/N-ethyl adjacent to an activating group) is 1. The Morgan fingerprint density at radius 2 is 1.68 bits per heavy atom. The van der Waals surface area contributed by atoms with E-state index in [9.17, 15) is 0 Å². The van der Waals surface area contributed by atoms with Crippen LogP contribution in [0, 0.1) is 5.92 Å². The van der Waals surface area contributed by atoms with Crippen LogP contribution in [0.15, 0.2) is 4.99 Å². The molecule has 2 aliphatic rings. The SMILES string of the molecule is CN=C(NCCCC1CCCCC1)NCCCN1CCCN(C)CC1. The van der Waals surface area contributed by atoms with Crippen molar-refractivity contribution < 1.29 is 0 Å². The summed E-state index contributed by atoms with van der Waals surface area (Å²) in [5, 5.41) is 6.96. The predicted octanol–water partition coefficient (Wildman–Crippen LogP) is 2.54. The van der Waals surface area contributed by atoms with Crippen LogP contribution in [0.2, 0.25) is 0 Å². The number of nitrogens with zero attached hydrogens (tertiary/aromatic N) is 3. The van der Waals surface area contributed by atoms with Gasteiger partial charge in [0.1, 0.15) is 0 Å². The number of nitrogens with one attached hydrogen (secondary N) is 2. The van der Waals surface area contributed by atoms with Gasteiger partial charge < -0.3 is 20.4 Å². The van der Waals surface area contributed by atoms with E-state index in [4.69, 9.17) is 0 Å². The van der Waals surface area contributed by atoms with E-state index < -0.39 is 0 Å². The van der Waals surface area contributed by atoms with Crippen molar-refractivity contribution >= 4 is 5.96 Å². The third-order valence-electron chi connectivity index (χ3n) is 5.79. The molecule has 5 nitrogen and oxygen atoms in total. The molecule has 2 fully saturated rings. The number of guanidine groups is 1. The highest BCUT2D eigenvalue weighted by Crippen LogP contribution is 2.26. The average molecular weight is 352 g/mol. The lowest BCUT2D eigenvalue weighted by molar-refractivity contribution is 0.274. The second-order valence-corrected chi connectivity index (χ2v) is 7.92. The zero-order valence-corrected chi connectivity index (χ0v) is 16.7. The Morgan fingerprint density at radius 1 is 0.920 bits per heavy atom. The fourth-order valence-corrected chi connectivity index (χ4v) is 4.13. The first kappa shape index (κ1) is 20.5. The van der Waals surface area contributed by atoms with Crippen LogP contribution in [0.3, 0.4) is 0 Å². The van der Waals surface area contributed by atoms with E-state index >= 15 is 0 Å². The van der Waals surface area contributed by atoms with E-state index in [1.54, 1.807) is 0 Å². The molecule has 0 atom stereocenters. The van der Waals surface area contributed by atoms with Crippen molar-refractivity contribution in [1.82, 2.24) is 20.4 Å². The summed E-state index contributed by atoms with van der Waals surface area (Å²) in [6, 6.07) is 0. The van der Waals surface area contributed by atoms with Crippen LogP contribution in [0.1, 0.15) is 57.8 Å². The molecule has 0 radical (unpaired) electrons. The predicted molar refractivity (Wildman–Crippen MR) is 108 cm³/mol.